The molecular weight excluding hydrogens is 267 g/mol. The largest absolute Gasteiger partial charge is 0.490 e. The molecule has 0 saturated carbocycles. The highest BCUT2D eigenvalue weighted by Gasteiger charge is 2.38. The minimum Gasteiger partial charge on any atom is -0.475 e. The molecule has 0 radical (unpaired) electrons. The number of rotatable bonds is 2. The van der Waals surface area contributed by atoms with Gasteiger partial charge in [-0.1, -0.05) is 19.0 Å². The number of nitrogens with zero attached hydrogens (tertiary/aromatic N) is 2. The van der Waals surface area contributed by atoms with Gasteiger partial charge in [0.1, 0.15) is 0 Å². The molecule has 2 heterocycles. The van der Waals surface area contributed by atoms with Gasteiger partial charge in [-0.05, 0) is 0 Å². The third-order valence-electron chi connectivity index (χ3n) is 2.35. The van der Waals surface area contributed by atoms with Crippen molar-refractivity contribution in [1.82, 2.24) is 15.5 Å². The smallest absolute Gasteiger partial charge is 0.475 e. The fourth-order valence-electron chi connectivity index (χ4n) is 1.11. The Balaban J connectivity index is 0.000000224. The van der Waals surface area contributed by atoms with Gasteiger partial charge in [-0.15, -0.1) is 0 Å². The highest BCUT2D eigenvalue weighted by Crippen LogP contribution is 2.19. The van der Waals surface area contributed by atoms with Gasteiger partial charge in [-0.2, -0.15) is 18.2 Å². The monoisotopic (exact) mass is 281 g/mol. The van der Waals surface area contributed by atoms with E-state index in [2.05, 4.69) is 29.3 Å². The summed E-state index contributed by atoms with van der Waals surface area (Å²) in [6.07, 6.45) is -5.08. The molecule has 1 aliphatic rings. The predicted octanol–water partition coefficient (Wildman–Crippen LogP) is 1.51. The second-order valence-corrected chi connectivity index (χ2v) is 4.30. The molecule has 0 aliphatic carbocycles. The molecule has 1 saturated heterocycles. The van der Waals surface area contributed by atoms with E-state index in [0.29, 0.717) is 11.8 Å². The van der Waals surface area contributed by atoms with E-state index in [4.69, 9.17) is 14.4 Å². The van der Waals surface area contributed by atoms with E-state index in [0.717, 1.165) is 24.8 Å². The van der Waals surface area contributed by atoms with Crippen molar-refractivity contribution in [3.05, 3.63) is 11.7 Å². The summed E-state index contributed by atoms with van der Waals surface area (Å²) >= 11 is 0. The maximum Gasteiger partial charge on any atom is 0.490 e. The summed E-state index contributed by atoms with van der Waals surface area (Å²) in [5.41, 5.74) is 0. The summed E-state index contributed by atoms with van der Waals surface area (Å²) in [5.74, 6) is -0.345. The van der Waals surface area contributed by atoms with Gasteiger partial charge >= 0.3 is 12.1 Å². The maximum absolute atomic E-state index is 10.6. The van der Waals surface area contributed by atoms with Gasteiger partial charge in [-0.3, -0.25) is 0 Å². The van der Waals surface area contributed by atoms with E-state index in [9.17, 15) is 13.2 Å². The van der Waals surface area contributed by atoms with Gasteiger partial charge in [0.15, 0.2) is 5.82 Å². The molecule has 0 spiro atoms. The van der Waals surface area contributed by atoms with Crippen LogP contribution in [0.15, 0.2) is 4.52 Å². The second kappa shape index (κ2) is 6.00. The number of carbonyl (C=O) groups is 1. The SMILES string of the molecule is CC(C)c1noc(C2CNC2)n1.O=C(O)C(F)(F)F. The molecule has 0 unspecified atom stereocenters. The standard InChI is InChI=1S/C8H13N3O.C2HF3O2/c1-5(2)7-10-8(12-11-7)6-3-9-4-6;3-2(4,5)1(6)7/h5-6,9H,3-4H2,1-2H3;(H,6,7). The summed E-state index contributed by atoms with van der Waals surface area (Å²) < 4.78 is 36.9. The molecule has 1 aromatic heterocycles. The van der Waals surface area contributed by atoms with E-state index < -0.39 is 12.1 Å². The Morgan fingerprint density at radius 3 is 2.26 bits per heavy atom. The van der Waals surface area contributed by atoms with E-state index in [-0.39, 0.29) is 0 Å². The molecule has 0 amide bonds. The van der Waals surface area contributed by atoms with Gasteiger partial charge in [0.05, 0.1) is 5.92 Å². The number of aromatic nitrogens is 2. The minimum absolute atomic E-state index is 0.357. The van der Waals surface area contributed by atoms with E-state index in [1.165, 1.54) is 0 Å². The first-order valence-electron chi connectivity index (χ1n) is 5.56. The van der Waals surface area contributed by atoms with E-state index in [1.54, 1.807) is 0 Å². The molecule has 2 rings (SSSR count). The molecule has 0 aromatic carbocycles. The number of carboxylic acids is 1. The number of nitrogens with one attached hydrogen (secondary N) is 1. The molecule has 2 N–H and O–H groups in total. The third-order valence-corrected chi connectivity index (χ3v) is 2.35. The van der Waals surface area contributed by atoms with Gasteiger partial charge in [0.2, 0.25) is 5.89 Å². The Morgan fingerprint density at radius 2 is 2.00 bits per heavy atom. The van der Waals surface area contributed by atoms with Crippen molar-refractivity contribution in [2.24, 2.45) is 0 Å². The first-order valence-corrected chi connectivity index (χ1v) is 5.56. The number of hydrogen-bond acceptors (Lipinski definition) is 5. The Morgan fingerprint density at radius 1 is 1.47 bits per heavy atom. The van der Waals surface area contributed by atoms with Crippen molar-refractivity contribution in [1.29, 1.82) is 0 Å². The Kier molecular flexibility index (Phi) is 4.87. The summed E-state index contributed by atoms with van der Waals surface area (Å²) in [6, 6.07) is 0. The summed E-state index contributed by atoms with van der Waals surface area (Å²) in [4.78, 5) is 13.2. The Hall–Kier alpha value is -1.64. The number of alkyl halides is 3. The van der Waals surface area contributed by atoms with Crippen molar-refractivity contribution in [3.8, 4) is 0 Å². The summed E-state index contributed by atoms with van der Waals surface area (Å²) in [7, 11) is 0. The summed E-state index contributed by atoms with van der Waals surface area (Å²) in [5, 5.41) is 14.2. The van der Waals surface area contributed by atoms with Crippen LogP contribution in [0.25, 0.3) is 0 Å². The normalized spacial score (nSPS) is 15.7. The van der Waals surface area contributed by atoms with Crippen LogP contribution in [0.3, 0.4) is 0 Å². The van der Waals surface area contributed by atoms with Crippen LogP contribution in [0.5, 0.6) is 0 Å². The Labute approximate surface area is 107 Å². The maximum atomic E-state index is 10.6. The lowest BCUT2D eigenvalue weighted by Crippen LogP contribution is -2.40. The van der Waals surface area contributed by atoms with Crippen LogP contribution >= 0.6 is 0 Å². The quantitative estimate of drug-likeness (QED) is 0.854. The van der Waals surface area contributed by atoms with Gasteiger partial charge in [0, 0.05) is 19.0 Å². The fourth-order valence-corrected chi connectivity index (χ4v) is 1.11. The molecule has 0 bridgehead atoms. The van der Waals surface area contributed by atoms with Crippen molar-refractivity contribution in [3.63, 3.8) is 0 Å². The average molecular weight is 281 g/mol. The number of halogens is 3. The highest BCUT2D eigenvalue weighted by molar-refractivity contribution is 5.73. The van der Waals surface area contributed by atoms with Crippen LogP contribution in [0.1, 0.15) is 37.4 Å². The zero-order valence-corrected chi connectivity index (χ0v) is 10.4. The van der Waals surface area contributed by atoms with Gasteiger partial charge in [-0.25, -0.2) is 4.79 Å². The van der Waals surface area contributed by atoms with Crippen LogP contribution in [0, 0.1) is 0 Å². The van der Waals surface area contributed by atoms with Crippen LogP contribution in [-0.4, -0.2) is 40.5 Å². The minimum atomic E-state index is -5.08. The van der Waals surface area contributed by atoms with E-state index >= 15 is 0 Å². The lowest BCUT2D eigenvalue weighted by atomic mass is 10.0. The molecule has 9 heteroatoms. The first kappa shape index (κ1) is 15.4. The Bertz CT molecular complexity index is 427. The molecule has 108 valence electrons. The molecule has 1 fully saturated rings. The molecule has 0 atom stereocenters. The van der Waals surface area contributed by atoms with Crippen LogP contribution in [0.2, 0.25) is 0 Å². The average Bonchev–Trinajstić information content (AvgIpc) is 2.63. The second-order valence-electron chi connectivity index (χ2n) is 4.30. The third kappa shape index (κ3) is 4.51. The number of carboxylic acid groups (broad SMARTS) is 1. The van der Waals surface area contributed by atoms with Crippen LogP contribution < -0.4 is 5.32 Å². The molecule has 6 nitrogen and oxygen atoms in total. The number of hydrogen-bond donors (Lipinski definition) is 2. The zero-order chi connectivity index (χ0) is 14.6. The fraction of sp³-hybridized carbons (Fsp3) is 0.700. The topological polar surface area (TPSA) is 88.3 Å². The highest BCUT2D eigenvalue weighted by atomic mass is 19.4. The van der Waals surface area contributed by atoms with Crippen LogP contribution in [0.4, 0.5) is 13.2 Å². The van der Waals surface area contributed by atoms with Gasteiger partial charge < -0.3 is 14.9 Å². The molecule has 1 aromatic rings. The van der Waals surface area contributed by atoms with E-state index in [1.807, 2.05) is 0 Å². The van der Waals surface area contributed by atoms with Crippen molar-refractivity contribution in [2.45, 2.75) is 31.9 Å². The number of aliphatic carboxylic acids is 1. The summed E-state index contributed by atoms with van der Waals surface area (Å²) in [6.45, 7) is 6.07. The van der Waals surface area contributed by atoms with Crippen molar-refractivity contribution >= 4 is 5.97 Å². The lowest BCUT2D eigenvalue weighted by molar-refractivity contribution is -0.192. The van der Waals surface area contributed by atoms with Crippen molar-refractivity contribution in [2.75, 3.05) is 13.1 Å². The van der Waals surface area contributed by atoms with Gasteiger partial charge in [0.25, 0.3) is 0 Å². The van der Waals surface area contributed by atoms with Crippen LogP contribution in [-0.2, 0) is 4.79 Å². The molecule has 19 heavy (non-hydrogen) atoms. The molecule has 1 aliphatic heterocycles. The molecular formula is C10H14F3N3O3. The predicted molar refractivity (Wildman–Crippen MR) is 57.7 cm³/mol. The lowest BCUT2D eigenvalue weighted by Gasteiger charge is -2.22. The van der Waals surface area contributed by atoms with Crippen molar-refractivity contribution < 1.29 is 27.6 Å². The first-order chi connectivity index (χ1) is 8.71. The zero-order valence-electron chi connectivity index (χ0n) is 10.4.